The van der Waals surface area contributed by atoms with E-state index in [2.05, 4.69) is 10.2 Å². The van der Waals surface area contributed by atoms with E-state index in [9.17, 15) is 0 Å². The van der Waals surface area contributed by atoms with Gasteiger partial charge in [0, 0.05) is 5.56 Å². The standard InChI is InChI=1S/C13H12N2O/c16-10-11-6-4-5-9-13(11)15-14-12-7-2-1-3-8-12/h1-9,16H,10H2/b15-14+. The van der Waals surface area contributed by atoms with Gasteiger partial charge in [0.25, 0.3) is 0 Å². The van der Waals surface area contributed by atoms with Gasteiger partial charge in [0.05, 0.1) is 18.0 Å². The zero-order valence-corrected chi connectivity index (χ0v) is 8.74. The summed E-state index contributed by atoms with van der Waals surface area (Å²) in [5.41, 5.74) is 2.28. The zero-order chi connectivity index (χ0) is 11.2. The SMILES string of the molecule is OCc1ccccc1/N=N/c1ccccc1. The highest BCUT2D eigenvalue weighted by Crippen LogP contribution is 2.21. The van der Waals surface area contributed by atoms with Crippen molar-refractivity contribution in [1.29, 1.82) is 0 Å². The lowest BCUT2D eigenvalue weighted by Gasteiger charge is -1.99. The summed E-state index contributed by atoms with van der Waals surface area (Å²) in [5.74, 6) is 0. The zero-order valence-electron chi connectivity index (χ0n) is 8.74. The molecular formula is C13H12N2O. The van der Waals surface area contributed by atoms with Gasteiger partial charge >= 0.3 is 0 Å². The van der Waals surface area contributed by atoms with Gasteiger partial charge in [-0.3, -0.25) is 0 Å². The molecule has 0 spiro atoms. The minimum atomic E-state index is -0.0238. The molecule has 2 aromatic carbocycles. The molecule has 0 heterocycles. The van der Waals surface area contributed by atoms with Crippen LogP contribution in [0.5, 0.6) is 0 Å². The molecule has 0 radical (unpaired) electrons. The van der Waals surface area contributed by atoms with Crippen LogP contribution in [0, 0.1) is 0 Å². The van der Waals surface area contributed by atoms with Crippen LogP contribution in [0.4, 0.5) is 11.4 Å². The minimum absolute atomic E-state index is 0.0238. The Balaban J connectivity index is 2.24. The molecule has 0 aliphatic heterocycles. The van der Waals surface area contributed by atoms with E-state index in [1.807, 2.05) is 54.6 Å². The summed E-state index contributed by atoms with van der Waals surface area (Å²) in [5, 5.41) is 17.3. The predicted octanol–water partition coefficient (Wildman–Crippen LogP) is 3.59. The molecule has 3 heteroatoms. The van der Waals surface area contributed by atoms with E-state index in [0.29, 0.717) is 5.69 Å². The molecule has 2 aromatic rings. The van der Waals surface area contributed by atoms with Gasteiger partial charge in [-0.25, -0.2) is 0 Å². The summed E-state index contributed by atoms with van der Waals surface area (Å²) in [6, 6.07) is 16.9. The van der Waals surface area contributed by atoms with Crippen molar-refractivity contribution in [2.24, 2.45) is 10.2 Å². The average molecular weight is 212 g/mol. The van der Waals surface area contributed by atoms with Crippen LogP contribution in [0.2, 0.25) is 0 Å². The van der Waals surface area contributed by atoms with E-state index in [4.69, 9.17) is 5.11 Å². The monoisotopic (exact) mass is 212 g/mol. The van der Waals surface area contributed by atoms with E-state index >= 15 is 0 Å². The second-order valence-electron chi connectivity index (χ2n) is 3.32. The Bertz CT molecular complexity index is 480. The average Bonchev–Trinajstić information content (AvgIpc) is 2.38. The molecule has 0 saturated heterocycles. The van der Waals surface area contributed by atoms with Crippen LogP contribution in [0.1, 0.15) is 5.56 Å². The number of nitrogens with zero attached hydrogens (tertiary/aromatic N) is 2. The normalized spacial score (nSPS) is 10.8. The van der Waals surface area contributed by atoms with E-state index in [1.54, 1.807) is 0 Å². The van der Waals surface area contributed by atoms with Crippen LogP contribution in [0.3, 0.4) is 0 Å². The first-order chi connectivity index (χ1) is 7.90. The summed E-state index contributed by atoms with van der Waals surface area (Å²) in [6.07, 6.45) is 0. The second-order valence-corrected chi connectivity index (χ2v) is 3.32. The second kappa shape index (κ2) is 5.19. The summed E-state index contributed by atoms with van der Waals surface area (Å²) in [6.45, 7) is -0.0238. The maximum Gasteiger partial charge on any atom is 0.0912 e. The largest absolute Gasteiger partial charge is 0.392 e. The highest BCUT2D eigenvalue weighted by molar-refractivity contribution is 5.45. The van der Waals surface area contributed by atoms with Crippen molar-refractivity contribution in [2.45, 2.75) is 6.61 Å². The fraction of sp³-hybridized carbons (Fsp3) is 0.0769. The van der Waals surface area contributed by atoms with E-state index in [1.165, 1.54) is 0 Å². The van der Waals surface area contributed by atoms with Crippen LogP contribution in [0.25, 0.3) is 0 Å². The molecule has 0 atom stereocenters. The van der Waals surface area contributed by atoms with Crippen LogP contribution in [-0.2, 0) is 6.61 Å². The number of rotatable bonds is 3. The number of aliphatic hydroxyl groups is 1. The van der Waals surface area contributed by atoms with Gasteiger partial charge in [-0.1, -0.05) is 36.4 Å². The lowest BCUT2D eigenvalue weighted by molar-refractivity contribution is 0.282. The van der Waals surface area contributed by atoms with Crippen molar-refractivity contribution in [1.82, 2.24) is 0 Å². The third kappa shape index (κ3) is 2.52. The first-order valence-electron chi connectivity index (χ1n) is 5.06. The quantitative estimate of drug-likeness (QED) is 0.776. The highest BCUT2D eigenvalue weighted by atomic mass is 16.3. The lowest BCUT2D eigenvalue weighted by atomic mass is 10.2. The third-order valence-corrected chi connectivity index (χ3v) is 2.19. The lowest BCUT2D eigenvalue weighted by Crippen LogP contribution is -1.81. The van der Waals surface area contributed by atoms with Gasteiger partial charge in [-0.2, -0.15) is 10.2 Å². The molecule has 0 bridgehead atoms. The Hall–Kier alpha value is -2.00. The summed E-state index contributed by atoms with van der Waals surface area (Å²) >= 11 is 0. The van der Waals surface area contributed by atoms with E-state index in [0.717, 1.165) is 11.3 Å². The molecule has 0 aliphatic rings. The van der Waals surface area contributed by atoms with Gasteiger partial charge in [0.1, 0.15) is 0 Å². The smallest absolute Gasteiger partial charge is 0.0912 e. The Morgan fingerprint density at radius 1 is 0.812 bits per heavy atom. The predicted molar refractivity (Wildman–Crippen MR) is 63.0 cm³/mol. The maximum atomic E-state index is 9.11. The summed E-state index contributed by atoms with van der Waals surface area (Å²) < 4.78 is 0. The summed E-state index contributed by atoms with van der Waals surface area (Å²) in [4.78, 5) is 0. The first kappa shape index (κ1) is 10.5. The summed E-state index contributed by atoms with van der Waals surface area (Å²) in [7, 11) is 0. The van der Waals surface area contributed by atoms with Gasteiger partial charge in [-0.05, 0) is 18.2 Å². The fourth-order valence-corrected chi connectivity index (χ4v) is 1.35. The molecular weight excluding hydrogens is 200 g/mol. The number of aliphatic hydroxyl groups excluding tert-OH is 1. The molecule has 0 aliphatic carbocycles. The number of hydrogen-bond acceptors (Lipinski definition) is 3. The van der Waals surface area contributed by atoms with Crippen molar-refractivity contribution in [2.75, 3.05) is 0 Å². The van der Waals surface area contributed by atoms with E-state index in [-0.39, 0.29) is 6.61 Å². The van der Waals surface area contributed by atoms with Gasteiger partial charge < -0.3 is 5.11 Å². The van der Waals surface area contributed by atoms with Crippen LogP contribution in [-0.4, -0.2) is 5.11 Å². The van der Waals surface area contributed by atoms with Crippen molar-refractivity contribution < 1.29 is 5.11 Å². The number of azo groups is 1. The number of benzene rings is 2. The van der Waals surface area contributed by atoms with Crippen LogP contribution >= 0.6 is 0 Å². The van der Waals surface area contributed by atoms with Crippen molar-refractivity contribution in [3.8, 4) is 0 Å². The molecule has 16 heavy (non-hydrogen) atoms. The van der Waals surface area contributed by atoms with Crippen LogP contribution in [0.15, 0.2) is 64.8 Å². The molecule has 3 nitrogen and oxygen atoms in total. The minimum Gasteiger partial charge on any atom is -0.392 e. The topological polar surface area (TPSA) is 45.0 Å². The molecule has 0 saturated carbocycles. The fourth-order valence-electron chi connectivity index (χ4n) is 1.35. The molecule has 0 amide bonds. The molecule has 0 fully saturated rings. The van der Waals surface area contributed by atoms with Gasteiger partial charge in [-0.15, -0.1) is 0 Å². The van der Waals surface area contributed by atoms with Crippen molar-refractivity contribution in [3.05, 3.63) is 60.2 Å². The first-order valence-corrected chi connectivity index (χ1v) is 5.06. The van der Waals surface area contributed by atoms with Crippen LogP contribution < -0.4 is 0 Å². The Labute approximate surface area is 94.1 Å². The van der Waals surface area contributed by atoms with Gasteiger partial charge in [0.2, 0.25) is 0 Å². The van der Waals surface area contributed by atoms with Gasteiger partial charge in [0.15, 0.2) is 0 Å². The molecule has 0 unspecified atom stereocenters. The number of hydrogen-bond donors (Lipinski definition) is 1. The van der Waals surface area contributed by atoms with Crippen molar-refractivity contribution in [3.63, 3.8) is 0 Å². The van der Waals surface area contributed by atoms with Crippen molar-refractivity contribution >= 4 is 11.4 Å². The molecule has 80 valence electrons. The molecule has 0 aromatic heterocycles. The Kier molecular flexibility index (Phi) is 3.41. The highest BCUT2D eigenvalue weighted by Gasteiger charge is 1.97. The third-order valence-electron chi connectivity index (χ3n) is 2.19. The molecule has 1 N–H and O–H groups in total. The maximum absolute atomic E-state index is 9.11. The Morgan fingerprint density at radius 2 is 1.50 bits per heavy atom. The van der Waals surface area contributed by atoms with E-state index < -0.39 is 0 Å². The molecule has 2 rings (SSSR count). The Morgan fingerprint density at radius 3 is 2.25 bits per heavy atom.